The molecule has 1 aromatic heterocycles. The van der Waals surface area contributed by atoms with Gasteiger partial charge in [0.1, 0.15) is 16.1 Å². The summed E-state index contributed by atoms with van der Waals surface area (Å²) in [6, 6.07) is 8.37. The highest BCUT2D eigenvalue weighted by molar-refractivity contribution is 9.10. The van der Waals surface area contributed by atoms with Gasteiger partial charge in [-0.3, -0.25) is 0 Å². The lowest BCUT2D eigenvalue weighted by molar-refractivity contribution is 0.297. The SMILES string of the molecule is CCc1ccc(-c2nc(CCO)[nH]c2Br)cc1. The van der Waals surface area contributed by atoms with Gasteiger partial charge < -0.3 is 10.1 Å². The molecule has 0 bridgehead atoms. The Balaban J connectivity index is 2.31. The van der Waals surface area contributed by atoms with E-state index in [0.29, 0.717) is 6.42 Å². The summed E-state index contributed by atoms with van der Waals surface area (Å²) >= 11 is 3.46. The minimum Gasteiger partial charge on any atom is -0.396 e. The van der Waals surface area contributed by atoms with Gasteiger partial charge in [0, 0.05) is 12.0 Å². The van der Waals surface area contributed by atoms with Crippen LogP contribution in [0.4, 0.5) is 0 Å². The maximum Gasteiger partial charge on any atom is 0.110 e. The molecule has 0 saturated carbocycles. The van der Waals surface area contributed by atoms with Crippen LogP contribution in [0.3, 0.4) is 0 Å². The van der Waals surface area contributed by atoms with E-state index in [9.17, 15) is 0 Å². The van der Waals surface area contributed by atoms with Crippen molar-refractivity contribution in [2.45, 2.75) is 19.8 Å². The number of benzene rings is 1. The van der Waals surface area contributed by atoms with E-state index in [1.54, 1.807) is 0 Å². The Hall–Kier alpha value is -1.13. The summed E-state index contributed by atoms with van der Waals surface area (Å²) in [7, 11) is 0. The minimum absolute atomic E-state index is 0.105. The molecule has 0 aliphatic carbocycles. The van der Waals surface area contributed by atoms with Crippen molar-refractivity contribution >= 4 is 15.9 Å². The van der Waals surface area contributed by atoms with Gasteiger partial charge in [-0.2, -0.15) is 0 Å². The number of H-pyrrole nitrogens is 1. The van der Waals surface area contributed by atoms with Crippen LogP contribution in [0.15, 0.2) is 28.9 Å². The molecule has 0 fully saturated rings. The number of aryl methyl sites for hydroxylation is 1. The van der Waals surface area contributed by atoms with E-state index in [1.807, 2.05) is 0 Å². The number of aliphatic hydroxyl groups excluding tert-OH is 1. The summed E-state index contributed by atoms with van der Waals surface area (Å²) in [5.41, 5.74) is 3.29. The second-order valence-corrected chi connectivity index (χ2v) is 4.66. The van der Waals surface area contributed by atoms with Crippen LogP contribution in [0.1, 0.15) is 18.3 Å². The molecule has 2 rings (SSSR count). The number of rotatable bonds is 4. The van der Waals surface area contributed by atoms with Crippen LogP contribution in [0.2, 0.25) is 0 Å². The van der Waals surface area contributed by atoms with Crippen LogP contribution in [-0.2, 0) is 12.8 Å². The van der Waals surface area contributed by atoms with Crippen molar-refractivity contribution in [1.29, 1.82) is 0 Å². The molecule has 0 atom stereocenters. The van der Waals surface area contributed by atoms with E-state index in [-0.39, 0.29) is 6.61 Å². The van der Waals surface area contributed by atoms with Crippen LogP contribution in [0.5, 0.6) is 0 Å². The first-order chi connectivity index (χ1) is 8.24. The van der Waals surface area contributed by atoms with Crippen LogP contribution >= 0.6 is 15.9 Å². The summed E-state index contributed by atoms with van der Waals surface area (Å²) in [5, 5.41) is 8.88. The first-order valence-corrected chi connectivity index (χ1v) is 6.48. The quantitative estimate of drug-likeness (QED) is 0.911. The Morgan fingerprint density at radius 1 is 1.29 bits per heavy atom. The smallest absolute Gasteiger partial charge is 0.110 e. The second kappa shape index (κ2) is 5.47. The molecule has 1 aromatic carbocycles. The summed E-state index contributed by atoms with van der Waals surface area (Å²) in [4.78, 5) is 7.58. The number of imidazole rings is 1. The highest BCUT2D eigenvalue weighted by atomic mass is 79.9. The van der Waals surface area contributed by atoms with Crippen molar-refractivity contribution in [3.05, 3.63) is 40.3 Å². The molecule has 0 spiro atoms. The normalized spacial score (nSPS) is 10.8. The van der Waals surface area contributed by atoms with Crippen molar-refractivity contribution in [2.75, 3.05) is 6.61 Å². The Morgan fingerprint density at radius 3 is 2.59 bits per heavy atom. The molecule has 3 nitrogen and oxygen atoms in total. The molecule has 4 heteroatoms. The fourth-order valence-corrected chi connectivity index (χ4v) is 2.26. The van der Waals surface area contributed by atoms with Crippen molar-refractivity contribution in [3.8, 4) is 11.3 Å². The third kappa shape index (κ3) is 2.76. The fourth-order valence-electron chi connectivity index (χ4n) is 1.71. The molecule has 0 unspecified atom stereocenters. The zero-order valence-electron chi connectivity index (χ0n) is 9.70. The zero-order valence-corrected chi connectivity index (χ0v) is 11.3. The fraction of sp³-hybridized carbons (Fsp3) is 0.308. The number of nitrogens with one attached hydrogen (secondary N) is 1. The predicted octanol–water partition coefficient (Wildman–Crippen LogP) is 2.94. The van der Waals surface area contributed by atoms with Gasteiger partial charge in [0.25, 0.3) is 0 Å². The Bertz CT molecular complexity index is 491. The number of hydrogen-bond donors (Lipinski definition) is 2. The van der Waals surface area contributed by atoms with Gasteiger partial charge in [0.15, 0.2) is 0 Å². The van der Waals surface area contributed by atoms with Gasteiger partial charge in [-0.25, -0.2) is 4.98 Å². The number of aliphatic hydroxyl groups is 1. The molecule has 0 radical (unpaired) electrons. The van der Waals surface area contributed by atoms with Crippen molar-refractivity contribution in [2.24, 2.45) is 0 Å². The molecule has 0 aliphatic heterocycles. The van der Waals surface area contributed by atoms with Crippen LogP contribution in [0, 0.1) is 0 Å². The van der Waals surface area contributed by atoms with E-state index >= 15 is 0 Å². The van der Waals surface area contributed by atoms with E-state index in [2.05, 4.69) is 57.1 Å². The van der Waals surface area contributed by atoms with Gasteiger partial charge in [0.2, 0.25) is 0 Å². The minimum atomic E-state index is 0.105. The Labute approximate surface area is 109 Å². The highest BCUT2D eigenvalue weighted by Gasteiger charge is 2.09. The first-order valence-electron chi connectivity index (χ1n) is 5.69. The van der Waals surface area contributed by atoms with Gasteiger partial charge in [-0.1, -0.05) is 31.2 Å². The maximum absolute atomic E-state index is 8.88. The van der Waals surface area contributed by atoms with Gasteiger partial charge in [-0.05, 0) is 27.9 Å². The topological polar surface area (TPSA) is 48.9 Å². The van der Waals surface area contributed by atoms with E-state index in [1.165, 1.54) is 5.56 Å². The molecule has 0 saturated heterocycles. The van der Waals surface area contributed by atoms with E-state index < -0.39 is 0 Å². The highest BCUT2D eigenvalue weighted by Crippen LogP contribution is 2.26. The third-order valence-electron chi connectivity index (χ3n) is 2.69. The first kappa shape index (κ1) is 12.3. The number of aromatic amines is 1. The maximum atomic E-state index is 8.88. The third-order valence-corrected chi connectivity index (χ3v) is 3.27. The van der Waals surface area contributed by atoms with E-state index in [4.69, 9.17) is 5.11 Å². The monoisotopic (exact) mass is 294 g/mol. The number of aromatic nitrogens is 2. The summed E-state index contributed by atoms with van der Waals surface area (Å²) in [5.74, 6) is 0.800. The number of nitrogens with zero attached hydrogens (tertiary/aromatic N) is 1. The van der Waals surface area contributed by atoms with E-state index in [0.717, 1.165) is 28.1 Å². The molecular formula is C13H15BrN2O. The molecule has 0 aliphatic rings. The molecule has 1 heterocycles. The van der Waals surface area contributed by atoms with Crippen LogP contribution in [-0.4, -0.2) is 21.7 Å². The average Bonchev–Trinajstić information content (AvgIpc) is 2.71. The number of halogens is 1. The summed E-state index contributed by atoms with van der Waals surface area (Å²) in [6.45, 7) is 2.24. The predicted molar refractivity (Wildman–Crippen MR) is 71.9 cm³/mol. The molecule has 0 amide bonds. The lowest BCUT2D eigenvalue weighted by Gasteiger charge is -2.00. The van der Waals surface area contributed by atoms with Crippen LogP contribution in [0.25, 0.3) is 11.3 Å². The summed E-state index contributed by atoms with van der Waals surface area (Å²) < 4.78 is 0.866. The van der Waals surface area contributed by atoms with Gasteiger partial charge in [0.05, 0.1) is 6.61 Å². The molecule has 90 valence electrons. The van der Waals surface area contributed by atoms with Crippen molar-refractivity contribution < 1.29 is 5.11 Å². The molecule has 17 heavy (non-hydrogen) atoms. The largest absolute Gasteiger partial charge is 0.396 e. The zero-order chi connectivity index (χ0) is 12.3. The average molecular weight is 295 g/mol. The number of hydrogen-bond acceptors (Lipinski definition) is 2. The van der Waals surface area contributed by atoms with Crippen molar-refractivity contribution in [3.63, 3.8) is 0 Å². The van der Waals surface area contributed by atoms with Crippen molar-refractivity contribution in [1.82, 2.24) is 9.97 Å². The molecule has 2 aromatic rings. The molecular weight excluding hydrogens is 280 g/mol. The summed E-state index contributed by atoms with van der Waals surface area (Å²) in [6.07, 6.45) is 1.59. The van der Waals surface area contributed by atoms with Crippen LogP contribution < -0.4 is 0 Å². The lowest BCUT2D eigenvalue weighted by Crippen LogP contribution is -1.92. The molecule has 2 N–H and O–H groups in total. The second-order valence-electron chi connectivity index (χ2n) is 3.87. The Kier molecular flexibility index (Phi) is 3.97. The lowest BCUT2D eigenvalue weighted by atomic mass is 10.1. The standard InChI is InChI=1S/C13H15BrN2O/c1-2-9-3-5-10(6-4-9)12-13(14)16-11(15-12)7-8-17/h3-6,17H,2,7-8H2,1H3,(H,15,16). The van der Waals surface area contributed by atoms with Gasteiger partial charge in [-0.15, -0.1) is 0 Å². The Morgan fingerprint density at radius 2 is 2.00 bits per heavy atom. The van der Waals surface area contributed by atoms with Gasteiger partial charge >= 0.3 is 0 Å².